The van der Waals surface area contributed by atoms with Gasteiger partial charge in [-0.2, -0.15) is 0 Å². The van der Waals surface area contributed by atoms with Crippen molar-refractivity contribution in [2.75, 3.05) is 7.11 Å². The molecule has 19 heavy (non-hydrogen) atoms. The van der Waals surface area contributed by atoms with Gasteiger partial charge in [0.2, 0.25) is 0 Å². The molecule has 1 aromatic heterocycles. The number of hydrogen-bond donors (Lipinski definition) is 2. The number of benzene rings is 1. The molecular formula is C15H18N2O2. The molecule has 0 radical (unpaired) electrons. The van der Waals surface area contributed by atoms with Gasteiger partial charge in [-0.25, -0.2) is 0 Å². The minimum absolute atomic E-state index is 0.0825. The van der Waals surface area contributed by atoms with Gasteiger partial charge >= 0.3 is 0 Å². The van der Waals surface area contributed by atoms with Crippen molar-refractivity contribution in [1.82, 2.24) is 10.3 Å². The van der Waals surface area contributed by atoms with Crippen LogP contribution >= 0.6 is 0 Å². The molecule has 0 bridgehead atoms. The second kappa shape index (κ2) is 5.61. The molecule has 4 heteroatoms. The van der Waals surface area contributed by atoms with Gasteiger partial charge < -0.3 is 15.0 Å². The highest BCUT2D eigenvalue weighted by molar-refractivity contribution is 5.94. The highest BCUT2D eigenvalue weighted by atomic mass is 16.5. The van der Waals surface area contributed by atoms with Crippen LogP contribution in [0.1, 0.15) is 27.3 Å². The molecule has 1 aromatic carbocycles. The standard InChI is InChI=1S/C15H18N2O2/c1-10-8-13(11(2)17-10)9-16-15(18)12-4-6-14(19-3)7-5-12/h4-8,17H,9H2,1-3H3,(H,16,18). The highest BCUT2D eigenvalue weighted by Gasteiger charge is 2.07. The van der Waals surface area contributed by atoms with E-state index < -0.39 is 0 Å². The number of aromatic nitrogens is 1. The summed E-state index contributed by atoms with van der Waals surface area (Å²) in [4.78, 5) is 15.2. The van der Waals surface area contributed by atoms with Crippen LogP contribution < -0.4 is 10.1 Å². The van der Waals surface area contributed by atoms with Crippen LogP contribution in [0.15, 0.2) is 30.3 Å². The lowest BCUT2D eigenvalue weighted by molar-refractivity contribution is 0.0951. The van der Waals surface area contributed by atoms with E-state index in [0.29, 0.717) is 12.1 Å². The molecule has 0 aliphatic heterocycles. The maximum atomic E-state index is 12.0. The van der Waals surface area contributed by atoms with Crippen molar-refractivity contribution in [1.29, 1.82) is 0 Å². The maximum absolute atomic E-state index is 12.0. The van der Waals surface area contributed by atoms with E-state index in [0.717, 1.165) is 22.7 Å². The third-order valence-electron chi connectivity index (χ3n) is 3.05. The van der Waals surface area contributed by atoms with Crippen LogP contribution in [0.5, 0.6) is 5.75 Å². The van der Waals surface area contributed by atoms with Crippen LogP contribution in [0.25, 0.3) is 0 Å². The number of nitrogens with one attached hydrogen (secondary N) is 2. The Morgan fingerprint density at radius 2 is 1.95 bits per heavy atom. The normalized spacial score (nSPS) is 10.3. The quantitative estimate of drug-likeness (QED) is 0.885. The average molecular weight is 258 g/mol. The summed E-state index contributed by atoms with van der Waals surface area (Å²) in [5, 5.41) is 2.91. The van der Waals surface area contributed by atoms with Gasteiger partial charge in [-0.1, -0.05) is 0 Å². The first-order chi connectivity index (χ1) is 9.10. The van der Waals surface area contributed by atoms with Gasteiger partial charge in [0.25, 0.3) is 5.91 Å². The molecule has 2 rings (SSSR count). The predicted octanol–water partition coefficient (Wildman–Crippen LogP) is 2.57. The summed E-state index contributed by atoms with van der Waals surface area (Å²) in [6.07, 6.45) is 0. The van der Waals surface area contributed by atoms with Gasteiger partial charge in [0.15, 0.2) is 0 Å². The number of ether oxygens (including phenoxy) is 1. The van der Waals surface area contributed by atoms with Crippen molar-refractivity contribution in [3.05, 3.63) is 52.8 Å². The number of H-pyrrole nitrogens is 1. The second-order valence-corrected chi connectivity index (χ2v) is 4.51. The van der Waals surface area contributed by atoms with Crippen LogP contribution in [0.4, 0.5) is 0 Å². The molecule has 2 N–H and O–H groups in total. The summed E-state index contributed by atoms with van der Waals surface area (Å²) in [5.41, 5.74) is 3.93. The molecule has 0 saturated carbocycles. The molecule has 0 saturated heterocycles. The van der Waals surface area contributed by atoms with E-state index in [1.54, 1.807) is 31.4 Å². The Kier molecular flexibility index (Phi) is 3.90. The Balaban J connectivity index is 1.99. The lowest BCUT2D eigenvalue weighted by Crippen LogP contribution is -2.22. The molecule has 0 unspecified atom stereocenters. The minimum Gasteiger partial charge on any atom is -0.497 e. The molecule has 2 aromatic rings. The van der Waals surface area contributed by atoms with Gasteiger partial charge in [-0.05, 0) is 49.7 Å². The monoisotopic (exact) mass is 258 g/mol. The molecule has 1 amide bonds. The Bertz CT molecular complexity index is 570. The van der Waals surface area contributed by atoms with Gasteiger partial charge in [0, 0.05) is 23.5 Å². The van der Waals surface area contributed by atoms with Crippen LogP contribution in [-0.2, 0) is 6.54 Å². The largest absolute Gasteiger partial charge is 0.497 e. The summed E-state index contributed by atoms with van der Waals surface area (Å²) in [6.45, 7) is 4.53. The minimum atomic E-state index is -0.0825. The van der Waals surface area contributed by atoms with Crippen LogP contribution in [-0.4, -0.2) is 18.0 Å². The Morgan fingerprint density at radius 3 is 2.47 bits per heavy atom. The van der Waals surface area contributed by atoms with E-state index in [4.69, 9.17) is 4.74 Å². The van der Waals surface area contributed by atoms with E-state index >= 15 is 0 Å². The first kappa shape index (κ1) is 13.2. The number of carbonyl (C=O) groups is 1. The lowest BCUT2D eigenvalue weighted by Gasteiger charge is -2.06. The van der Waals surface area contributed by atoms with Gasteiger partial charge in [0.05, 0.1) is 7.11 Å². The Labute approximate surface area is 112 Å². The van der Waals surface area contributed by atoms with Crippen molar-refractivity contribution in [2.45, 2.75) is 20.4 Å². The summed E-state index contributed by atoms with van der Waals surface area (Å²) >= 11 is 0. The van der Waals surface area contributed by atoms with Crippen LogP contribution in [0.3, 0.4) is 0 Å². The molecule has 1 heterocycles. The average Bonchev–Trinajstić information content (AvgIpc) is 2.74. The second-order valence-electron chi connectivity index (χ2n) is 4.51. The number of aryl methyl sites for hydroxylation is 2. The van der Waals surface area contributed by atoms with E-state index in [1.165, 1.54) is 0 Å². The SMILES string of the molecule is COc1ccc(C(=O)NCc2cc(C)[nH]c2C)cc1. The smallest absolute Gasteiger partial charge is 0.251 e. The number of aromatic amines is 1. The predicted molar refractivity (Wildman–Crippen MR) is 74.4 cm³/mol. The fourth-order valence-corrected chi connectivity index (χ4v) is 1.99. The van der Waals surface area contributed by atoms with E-state index in [9.17, 15) is 4.79 Å². The van der Waals surface area contributed by atoms with Crippen LogP contribution in [0.2, 0.25) is 0 Å². The lowest BCUT2D eigenvalue weighted by atomic mass is 10.2. The highest BCUT2D eigenvalue weighted by Crippen LogP contribution is 2.12. The first-order valence-electron chi connectivity index (χ1n) is 6.17. The summed E-state index contributed by atoms with van der Waals surface area (Å²) in [5.74, 6) is 0.662. The number of methoxy groups -OCH3 is 1. The van der Waals surface area contributed by atoms with Crippen LogP contribution in [0, 0.1) is 13.8 Å². The maximum Gasteiger partial charge on any atom is 0.251 e. The van der Waals surface area contributed by atoms with Gasteiger partial charge in [-0.3, -0.25) is 4.79 Å². The number of carbonyl (C=O) groups excluding carboxylic acids is 1. The van der Waals surface area contributed by atoms with E-state index in [1.807, 2.05) is 19.9 Å². The zero-order chi connectivity index (χ0) is 13.8. The summed E-state index contributed by atoms with van der Waals surface area (Å²) in [7, 11) is 1.60. The summed E-state index contributed by atoms with van der Waals surface area (Å²) < 4.78 is 5.06. The van der Waals surface area contributed by atoms with Crippen molar-refractivity contribution in [2.24, 2.45) is 0 Å². The van der Waals surface area contributed by atoms with Gasteiger partial charge in [-0.15, -0.1) is 0 Å². The first-order valence-corrected chi connectivity index (χ1v) is 6.17. The third-order valence-corrected chi connectivity index (χ3v) is 3.05. The van der Waals surface area contributed by atoms with Crippen molar-refractivity contribution >= 4 is 5.91 Å². The van der Waals surface area contributed by atoms with E-state index in [-0.39, 0.29) is 5.91 Å². The Hall–Kier alpha value is -2.23. The number of amides is 1. The molecule has 0 spiro atoms. The topological polar surface area (TPSA) is 54.1 Å². The molecular weight excluding hydrogens is 240 g/mol. The summed E-state index contributed by atoms with van der Waals surface area (Å²) in [6, 6.07) is 9.11. The molecule has 100 valence electrons. The van der Waals surface area contributed by atoms with Crippen molar-refractivity contribution in [3.63, 3.8) is 0 Å². The van der Waals surface area contributed by atoms with Gasteiger partial charge in [0.1, 0.15) is 5.75 Å². The fourth-order valence-electron chi connectivity index (χ4n) is 1.99. The number of rotatable bonds is 4. The zero-order valence-electron chi connectivity index (χ0n) is 11.4. The molecule has 0 fully saturated rings. The molecule has 0 aliphatic rings. The third kappa shape index (κ3) is 3.16. The molecule has 0 aliphatic carbocycles. The fraction of sp³-hybridized carbons (Fsp3) is 0.267. The molecule has 4 nitrogen and oxygen atoms in total. The molecule has 0 atom stereocenters. The van der Waals surface area contributed by atoms with E-state index in [2.05, 4.69) is 10.3 Å². The van der Waals surface area contributed by atoms with Crippen molar-refractivity contribution < 1.29 is 9.53 Å². The number of hydrogen-bond acceptors (Lipinski definition) is 2. The zero-order valence-corrected chi connectivity index (χ0v) is 11.4. The Morgan fingerprint density at radius 1 is 1.26 bits per heavy atom. The van der Waals surface area contributed by atoms with Crippen molar-refractivity contribution in [3.8, 4) is 5.75 Å².